The maximum Gasteiger partial charge on any atom is 0.253 e. The third-order valence-electron chi connectivity index (χ3n) is 3.55. The molecule has 0 bridgehead atoms. The van der Waals surface area contributed by atoms with Gasteiger partial charge in [-0.2, -0.15) is 4.99 Å². The summed E-state index contributed by atoms with van der Waals surface area (Å²) in [5, 5.41) is 4.11. The Morgan fingerprint density at radius 3 is 2.64 bits per heavy atom. The Balaban J connectivity index is 1.73. The second-order valence-corrected chi connectivity index (χ2v) is 5.91. The molecule has 6 nitrogen and oxygen atoms in total. The summed E-state index contributed by atoms with van der Waals surface area (Å²) in [7, 11) is 0. The fraction of sp³-hybridized carbons (Fsp3) is 0.111. The molecule has 0 unspecified atom stereocenters. The van der Waals surface area contributed by atoms with Crippen molar-refractivity contribution in [2.45, 2.75) is 13.3 Å². The number of nitrogens with two attached hydrogens (primary N) is 1. The summed E-state index contributed by atoms with van der Waals surface area (Å²) in [4.78, 5) is 24.7. The van der Waals surface area contributed by atoms with E-state index in [0.717, 1.165) is 22.2 Å². The van der Waals surface area contributed by atoms with Crippen LogP contribution in [0, 0.1) is 6.92 Å². The van der Waals surface area contributed by atoms with Crippen LogP contribution in [-0.4, -0.2) is 21.8 Å². The number of fused-ring (bicyclic) bond motifs is 1. The van der Waals surface area contributed by atoms with Crippen molar-refractivity contribution in [3.05, 3.63) is 64.8 Å². The standard InChI is InChI=1S/C18H16ClN5O/c1-11-14-4-2-3-5-15(14)22-18(21-11)24-17(20)23-16(25)10-12-6-8-13(19)9-7-12/h2-9H,10H2,1H3,(H3,20,21,22,23,24,25). The molecule has 0 aliphatic rings. The Hall–Kier alpha value is -2.99. The van der Waals surface area contributed by atoms with Crippen LogP contribution in [0.25, 0.3) is 10.9 Å². The molecule has 3 rings (SSSR count). The molecule has 7 heteroatoms. The molecule has 126 valence electrons. The van der Waals surface area contributed by atoms with Crippen LogP contribution < -0.4 is 11.1 Å². The third-order valence-corrected chi connectivity index (χ3v) is 3.80. The van der Waals surface area contributed by atoms with Gasteiger partial charge in [0.05, 0.1) is 17.6 Å². The Morgan fingerprint density at radius 1 is 1.16 bits per heavy atom. The molecule has 3 aromatic rings. The molecule has 1 heterocycles. The molecule has 1 aromatic heterocycles. The van der Waals surface area contributed by atoms with Crippen molar-refractivity contribution in [1.82, 2.24) is 15.3 Å². The highest BCUT2D eigenvalue weighted by Gasteiger charge is 2.07. The van der Waals surface area contributed by atoms with Crippen LogP contribution in [0.15, 0.2) is 53.5 Å². The second kappa shape index (κ2) is 7.27. The summed E-state index contributed by atoms with van der Waals surface area (Å²) in [6, 6.07) is 14.6. The van der Waals surface area contributed by atoms with Gasteiger partial charge < -0.3 is 5.73 Å². The molecule has 0 spiro atoms. The number of nitrogens with zero attached hydrogens (tertiary/aromatic N) is 3. The lowest BCUT2D eigenvalue weighted by Crippen LogP contribution is -2.37. The number of guanidine groups is 1. The first-order valence-corrected chi connectivity index (χ1v) is 8.01. The van der Waals surface area contributed by atoms with Crippen LogP contribution in [0.2, 0.25) is 5.02 Å². The number of rotatable bonds is 3. The zero-order valence-corrected chi connectivity index (χ0v) is 14.3. The molecular formula is C18H16ClN5O. The summed E-state index contributed by atoms with van der Waals surface area (Å²) in [6.45, 7) is 1.87. The van der Waals surface area contributed by atoms with Crippen molar-refractivity contribution < 1.29 is 4.79 Å². The van der Waals surface area contributed by atoms with E-state index in [4.69, 9.17) is 17.3 Å². The second-order valence-electron chi connectivity index (χ2n) is 5.47. The number of benzene rings is 2. The lowest BCUT2D eigenvalue weighted by Gasteiger charge is -2.06. The first kappa shape index (κ1) is 16.9. The maximum atomic E-state index is 12.0. The molecule has 0 aliphatic heterocycles. The Morgan fingerprint density at radius 2 is 1.88 bits per heavy atom. The number of hydrogen-bond acceptors (Lipinski definition) is 4. The van der Waals surface area contributed by atoms with Crippen LogP contribution in [0.3, 0.4) is 0 Å². The highest BCUT2D eigenvalue weighted by atomic mass is 35.5. The maximum absolute atomic E-state index is 12.0. The molecule has 1 amide bonds. The number of aliphatic imine (C=N–C) groups is 1. The summed E-state index contributed by atoms with van der Waals surface area (Å²) in [6.07, 6.45) is 0.172. The van der Waals surface area contributed by atoms with Crippen molar-refractivity contribution in [3.63, 3.8) is 0 Å². The molecule has 0 atom stereocenters. The fourth-order valence-electron chi connectivity index (χ4n) is 2.38. The zero-order chi connectivity index (χ0) is 17.8. The minimum Gasteiger partial charge on any atom is -0.369 e. The summed E-state index contributed by atoms with van der Waals surface area (Å²) in [5.41, 5.74) is 8.19. The number of halogens is 1. The minimum atomic E-state index is -0.277. The van der Waals surface area contributed by atoms with Gasteiger partial charge in [-0.05, 0) is 30.7 Å². The van der Waals surface area contributed by atoms with Gasteiger partial charge >= 0.3 is 0 Å². The smallest absolute Gasteiger partial charge is 0.253 e. The first-order valence-electron chi connectivity index (χ1n) is 7.63. The Bertz CT molecular complexity index is 953. The normalized spacial score (nSPS) is 11.5. The number of carbonyl (C=O) groups excluding carboxylic acids is 1. The van der Waals surface area contributed by atoms with Crippen LogP contribution in [0.1, 0.15) is 11.3 Å². The molecule has 0 saturated heterocycles. The zero-order valence-electron chi connectivity index (χ0n) is 13.5. The van der Waals surface area contributed by atoms with Gasteiger partial charge in [0.2, 0.25) is 11.9 Å². The third kappa shape index (κ3) is 4.30. The van der Waals surface area contributed by atoms with Crippen molar-refractivity contribution in [1.29, 1.82) is 0 Å². The molecule has 3 N–H and O–H groups in total. The van der Waals surface area contributed by atoms with E-state index in [0.29, 0.717) is 5.02 Å². The topological polar surface area (TPSA) is 93.3 Å². The number of aromatic nitrogens is 2. The van der Waals surface area contributed by atoms with Gasteiger partial charge in [-0.15, -0.1) is 0 Å². The van der Waals surface area contributed by atoms with Gasteiger partial charge in [-0.3, -0.25) is 10.1 Å². The van der Waals surface area contributed by atoms with E-state index in [2.05, 4.69) is 20.3 Å². The molecule has 2 aromatic carbocycles. The highest BCUT2D eigenvalue weighted by Crippen LogP contribution is 2.17. The van der Waals surface area contributed by atoms with E-state index in [1.54, 1.807) is 24.3 Å². The Kier molecular flexibility index (Phi) is 4.90. The number of amides is 1. The average Bonchev–Trinajstić information content (AvgIpc) is 2.57. The average molecular weight is 354 g/mol. The van der Waals surface area contributed by atoms with Gasteiger partial charge in [0.15, 0.2) is 0 Å². The van der Waals surface area contributed by atoms with E-state index in [9.17, 15) is 4.79 Å². The number of aryl methyl sites for hydroxylation is 1. The van der Waals surface area contributed by atoms with Crippen molar-refractivity contribution in [2.24, 2.45) is 10.7 Å². The molecule has 0 fully saturated rings. The summed E-state index contributed by atoms with van der Waals surface area (Å²) >= 11 is 5.82. The highest BCUT2D eigenvalue weighted by molar-refractivity contribution is 6.30. The van der Waals surface area contributed by atoms with E-state index >= 15 is 0 Å². The molecule has 0 saturated carbocycles. The summed E-state index contributed by atoms with van der Waals surface area (Å²) in [5.74, 6) is -0.116. The molecule has 0 radical (unpaired) electrons. The SMILES string of the molecule is Cc1nc(N=C(N)NC(=O)Cc2ccc(Cl)cc2)nc2ccccc12. The van der Waals surface area contributed by atoms with Crippen LogP contribution >= 0.6 is 11.6 Å². The molecule has 0 aliphatic carbocycles. The van der Waals surface area contributed by atoms with Gasteiger partial charge in [0.1, 0.15) is 0 Å². The van der Waals surface area contributed by atoms with Gasteiger partial charge in [-0.25, -0.2) is 9.97 Å². The van der Waals surface area contributed by atoms with Crippen LogP contribution in [0.5, 0.6) is 0 Å². The summed E-state index contributed by atoms with van der Waals surface area (Å²) < 4.78 is 0. The largest absolute Gasteiger partial charge is 0.369 e. The quantitative estimate of drug-likeness (QED) is 0.559. The number of hydrogen-bond donors (Lipinski definition) is 2. The van der Waals surface area contributed by atoms with Crippen molar-refractivity contribution in [2.75, 3.05) is 0 Å². The van der Waals surface area contributed by atoms with E-state index in [1.165, 1.54) is 0 Å². The minimum absolute atomic E-state index is 0.0476. The van der Waals surface area contributed by atoms with Gasteiger partial charge in [0.25, 0.3) is 5.95 Å². The van der Waals surface area contributed by atoms with E-state index in [1.807, 2.05) is 31.2 Å². The van der Waals surface area contributed by atoms with Crippen LogP contribution in [0.4, 0.5) is 5.95 Å². The predicted octanol–water partition coefficient (Wildman–Crippen LogP) is 2.90. The van der Waals surface area contributed by atoms with E-state index < -0.39 is 0 Å². The Labute approximate surface area is 149 Å². The number of nitrogens with one attached hydrogen (secondary N) is 1. The number of para-hydroxylation sites is 1. The lowest BCUT2D eigenvalue weighted by atomic mass is 10.1. The monoisotopic (exact) mass is 353 g/mol. The fourth-order valence-corrected chi connectivity index (χ4v) is 2.51. The van der Waals surface area contributed by atoms with Gasteiger partial charge in [0, 0.05) is 10.4 Å². The molecular weight excluding hydrogens is 338 g/mol. The van der Waals surface area contributed by atoms with Crippen LogP contribution in [-0.2, 0) is 11.2 Å². The van der Waals surface area contributed by atoms with Gasteiger partial charge in [-0.1, -0.05) is 41.9 Å². The number of carbonyl (C=O) groups is 1. The van der Waals surface area contributed by atoms with Crippen molar-refractivity contribution >= 4 is 40.3 Å². The predicted molar refractivity (Wildman–Crippen MR) is 98.9 cm³/mol. The molecule has 25 heavy (non-hydrogen) atoms. The van der Waals surface area contributed by atoms with E-state index in [-0.39, 0.29) is 24.2 Å². The lowest BCUT2D eigenvalue weighted by molar-refractivity contribution is -0.119. The van der Waals surface area contributed by atoms with Crippen molar-refractivity contribution in [3.8, 4) is 0 Å². The first-order chi connectivity index (χ1) is 12.0.